The lowest BCUT2D eigenvalue weighted by Crippen LogP contribution is -2.16. The predicted molar refractivity (Wildman–Crippen MR) is 43.6 cm³/mol. The highest BCUT2D eigenvalue weighted by Crippen LogP contribution is 1.86. The third-order valence-corrected chi connectivity index (χ3v) is 1.36. The number of hydroxylamine groups is 2. The van der Waals surface area contributed by atoms with Crippen LogP contribution >= 0.6 is 0 Å². The van der Waals surface area contributed by atoms with Crippen LogP contribution in [0.4, 0.5) is 0 Å². The molecule has 0 aliphatic carbocycles. The Bertz CT molecular complexity index is 183. The summed E-state index contributed by atoms with van der Waals surface area (Å²) in [5.74, 6) is -0.590. The van der Waals surface area contributed by atoms with Crippen LogP contribution in [-0.2, 0) is 10.1 Å². The summed E-state index contributed by atoms with van der Waals surface area (Å²) in [6.45, 7) is 1.29. The van der Waals surface area contributed by atoms with Crippen LogP contribution in [0.15, 0.2) is 0 Å². The van der Waals surface area contributed by atoms with Gasteiger partial charge in [0.1, 0.15) is 5.75 Å². The molecule has 0 aromatic heterocycles. The SMILES string of the molecule is CC(O)CS(=O)(=O)O.CN(C)O. The zero-order chi connectivity index (χ0) is 10.4. The van der Waals surface area contributed by atoms with Gasteiger partial charge in [0.25, 0.3) is 10.1 Å². The number of aliphatic hydroxyl groups is 1. The lowest BCUT2D eigenvalue weighted by molar-refractivity contribution is -0.0372. The molecule has 0 aliphatic rings. The zero-order valence-electron chi connectivity index (χ0n) is 7.30. The monoisotopic (exact) mass is 201 g/mol. The molecule has 0 bridgehead atoms. The molecule has 12 heavy (non-hydrogen) atoms. The summed E-state index contributed by atoms with van der Waals surface area (Å²) in [5, 5.41) is 17.2. The van der Waals surface area contributed by atoms with Crippen LogP contribution in [0.25, 0.3) is 0 Å². The van der Waals surface area contributed by atoms with E-state index in [1.807, 2.05) is 0 Å². The molecule has 0 saturated heterocycles. The molecule has 0 aromatic carbocycles. The van der Waals surface area contributed by atoms with E-state index in [9.17, 15) is 8.42 Å². The molecule has 1 unspecified atom stereocenters. The molecular weight excluding hydrogens is 186 g/mol. The Balaban J connectivity index is 0. The fourth-order valence-corrected chi connectivity index (χ4v) is 0.914. The van der Waals surface area contributed by atoms with Gasteiger partial charge in [0.15, 0.2) is 0 Å². The first-order chi connectivity index (χ1) is 5.15. The summed E-state index contributed by atoms with van der Waals surface area (Å²) in [4.78, 5) is 0. The molecule has 0 rings (SSSR count). The van der Waals surface area contributed by atoms with E-state index in [-0.39, 0.29) is 0 Å². The van der Waals surface area contributed by atoms with Crippen molar-refractivity contribution in [1.82, 2.24) is 5.06 Å². The molecular formula is C5H15NO5S. The number of nitrogens with zero attached hydrogens (tertiary/aromatic N) is 1. The number of aliphatic hydroxyl groups excluding tert-OH is 1. The van der Waals surface area contributed by atoms with E-state index < -0.39 is 22.0 Å². The van der Waals surface area contributed by atoms with Gasteiger partial charge in [0.05, 0.1) is 6.10 Å². The Labute approximate surface area is 72.1 Å². The predicted octanol–water partition coefficient (Wildman–Crippen LogP) is -0.808. The van der Waals surface area contributed by atoms with Crippen molar-refractivity contribution in [3.05, 3.63) is 0 Å². The summed E-state index contributed by atoms with van der Waals surface area (Å²) in [6.07, 6.45) is -0.995. The Morgan fingerprint density at radius 2 is 1.67 bits per heavy atom. The van der Waals surface area contributed by atoms with Crippen LogP contribution in [0, 0.1) is 0 Å². The first-order valence-electron chi connectivity index (χ1n) is 3.14. The van der Waals surface area contributed by atoms with Crippen LogP contribution in [0.3, 0.4) is 0 Å². The Morgan fingerprint density at radius 3 is 1.67 bits per heavy atom. The van der Waals surface area contributed by atoms with Gasteiger partial charge in [0, 0.05) is 14.1 Å². The largest absolute Gasteiger partial charge is 0.392 e. The molecule has 1 atom stereocenters. The highest BCUT2D eigenvalue weighted by molar-refractivity contribution is 7.85. The van der Waals surface area contributed by atoms with Crippen molar-refractivity contribution < 1.29 is 23.3 Å². The molecule has 76 valence electrons. The van der Waals surface area contributed by atoms with Crippen molar-refractivity contribution in [2.45, 2.75) is 13.0 Å². The molecule has 0 spiro atoms. The topological polar surface area (TPSA) is 98.1 Å². The quantitative estimate of drug-likeness (QED) is 0.399. The van der Waals surface area contributed by atoms with Crippen LogP contribution < -0.4 is 0 Å². The van der Waals surface area contributed by atoms with E-state index in [0.717, 1.165) is 5.06 Å². The van der Waals surface area contributed by atoms with Crippen molar-refractivity contribution in [3.63, 3.8) is 0 Å². The lowest BCUT2D eigenvalue weighted by Gasteiger charge is -1.97. The molecule has 0 aliphatic heterocycles. The first kappa shape index (κ1) is 14.3. The van der Waals surface area contributed by atoms with Gasteiger partial charge in [-0.2, -0.15) is 13.5 Å². The Morgan fingerprint density at radius 1 is 1.42 bits per heavy atom. The van der Waals surface area contributed by atoms with Crippen LogP contribution in [0.1, 0.15) is 6.92 Å². The van der Waals surface area contributed by atoms with E-state index in [0.29, 0.717) is 0 Å². The fraction of sp³-hybridized carbons (Fsp3) is 1.00. The molecule has 3 N–H and O–H groups in total. The minimum Gasteiger partial charge on any atom is -0.392 e. The molecule has 0 fully saturated rings. The fourth-order valence-electron chi connectivity index (χ4n) is 0.305. The van der Waals surface area contributed by atoms with Crippen LogP contribution in [0.5, 0.6) is 0 Å². The Hall–Kier alpha value is -0.210. The van der Waals surface area contributed by atoms with E-state index in [1.165, 1.54) is 6.92 Å². The summed E-state index contributed by atoms with van der Waals surface area (Å²) >= 11 is 0. The summed E-state index contributed by atoms with van der Waals surface area (Å²) in [5.41, 5.74) is 0. The summed E-state index contributed by atoms with van der Waals surface area (Å²) < 4.78 is 27.7. The second kappa shape index (κ2) is 6.32. The smallest absolute Gasteiger partial charge is 0.267 e. The van der Waals surface area contributed by atoms with Gasteiger partial charge < -0.3 is 10.3 Å². The highest BCUT2D eigenvalue weighted by atomic mass is 32.2. The molecule has 6 nitrogen and oxygen atoms in total. The standard InChI is InChI=1S/C3H8O4S.C2H7NO/c1-3(4)2-8(5,6)7;1-3(2)4/h3-4H,2H2,1H3,(H,5,6,7);4H,1-2H3. The van der Waals surface area contributed by atoms with Crippen molar-refractivity contribution >= 4 is 10.1 Å². The second-order valence-electron chi connectivity index (χ2n) is 2.44. The lowest BCUT2D eigenvalue weighted by atomic mass is 10.5. The summed E-state index contributed by atoms with van der Waals surface area (Å²) in [7, 11) is -0.862. The van der Waals surface area contributed by atoms with Gasteiger partial charge >= 0.3 is 0 Å². The maximum absolute atomic E-state index is 9.84. The van der Waals surface area contributed by atoms with Crippen molar-refractivity contribution in [2.24, 2.45) is 0 Å². The third-order valence-electron chi connectivity index (χ3n) is 0.452. The Kier molecular flexibility index (Phi) is 7.54. The van der Waals surface area contributed by atoms with Crippen LogP contribution in [0.2, 0.25) is 0 Å². The van der Waals surface area contributed by atoms with E-state index in [2.05, 4.69) is 0 Å². The van der Waals surface area contributed by atoms with Crippen molar-refractivity contribution in [1.29, 1.82) is 0 Å². The van der Waals surface area contributed by atoms with E-state index in [1.54, 1.807) is 14.1 Å². The maximum atomic E-state index is 9.84. The third kappa shape index (κ3) is 33.0. The molecule has 0 amide bonds. The number of rotatable bonds is 2. The number of hydrogen-bond acceptors (Lipinski definition) is 5. The molecule has 7 heteroatoms. The average Bonchev–Trinajstić information content (AvgIpc) is 1.52. The average molecular weight is 201 g/mol. The molecule has 0 aromatic rings. The van der Waals surface area contributed by atoms with E-state index in [4.69, 9.17) is 14.9 Å². The van der Waals surface area contributed by atoms with E-state index >= 15 is 0 Å². The van der Waals surface area contributed by atoms with Crippen molar-refractivity contribution in [3.8, 4) is 0 Å². The van der Waals surface area contributed by atoms with Crippen LogP contribution in [-0.4, -0.2) is 54.3 Å². The zero-order valence-corrected chi connectivity index (χ0v) is 8.11. The summed E-state index contributed by atoms with van der Waals surface area (Å²) in [6, 6.07) is 0. The van der Waals surface area contributed by atoms with Gasteiger partial charge in [-0.25, -0.2) is 0 Å². The van der Waals surface area contributed by atoms with Gasteiger partial charge in [-0.3, -0.25) is 4.55 Å². The minimum atomic E-state index is -3.97. The van der Waals surface area contributed by atoms with Gasteiger partial charge in [0.2, 0.25) is 0 Å². The molecule has 0 radical (unpaired) electrons. The van der Waals surface area contributed by atoms with Crippen molar-refractivity contribution in [2.75, 3.05) is 19.8 Å². The molecule has 0 heterocycles. The highest BCUT2D eigenvalue weighted by Gasteiger charge is 2.07. The van der Waals surface area contributed by atoms with Gasteiger partial charge in [-0.05, 0) is 6.92 Å². The first-order valence-corrected chi connectivity index (χ1v) is 4.75. The number of hydrogen-bond donors (Lipinski definition) is 3. The van der Waals surface area contributed by atoms with Gasteiger partial charge in [-0.15, -0.1) is 0 Å². The second-order valence-corrected chi connectivity index (χ2v) is 3.94. The van der Waals surface area contributed by atoms with Gasteiger partial charge in [-0.1, -0.05) is 0 Å². The normalized spacial score (nSPS) is 13.6. The maximum Gasteiger partial charge on any atom is 0.267 e. The molecule has 0 saturated carbocycles. The minimum absolute atomic E-state index is 0.590.